The van der Waals surface area contributed by atoms with Crippen LogP contribution >= 0.6 is 15.9 Å². The fourth-order valence-electron chi connectivity index (χ4n) is 1.82. The normalized spacial score (nSPS) is 10.3. The van der Waals surface area contributed by atoms with Crippen molar-refractivity contribution < 1.29 is 4.74 Å². The van der Waals surface area contributed by atoms with Crippen molar-refractivity contribution >= 4 is 21.7 Å². The molecule has 1 aromatic carbocycles. The minimum atomic E-state index is 0.676. The Labute approximate surface area is 127 Å². The minimum absolute atomic E-state index is 0.676. The zero-order chi connectivity index (χ0) is 14.4. The van der Waals surface area contributed by atoms with Gasteiger partial charge in [-0.15, -0.1) is 0 Å². The molecule has 0 aliphatic carbocycles. The van der Waals surface area contributed by atoms with Crippen LogP contribution < -0.4 is 10.1 Å². The topological polar surface area (TPSA) is 47.0 Å². The van der Waals surface area contributed by atoms with E-state index >= 15 is 0 Å². The second kappa shape index (κ2) is 7.24. The van der Waals surface area contributed by atoms with Crippen molar-refractivity contribution in [3.63, 3.8) is 0 Å². The highest BCUT2D eigenvalue weighted by molar-refractivity contribution is 9.10. The maximum Gasteiger partial charge on any atom is 0.131 e. The van der Waals surface area contributed by atoms with Crippen molar-refractivity contribution in [1.82, 2.24) is 9.97 Å². The molecule has 0 saturated heterocycles. The molecule has 20 heavy (non-hydrogen) atoms. The molecule has 2 aromatic rings. The molecular weight excluding hydrogens is 318 g/mol. The largest absolute Gasteiger partial charge is 0.494 e. The molecule has 2 rings (SSSR count). The van der Waals surface area contributed by atoms with Gasteiger partial charge in [0, 0.05) is 19.0 Å². The SMILES string of the molecule is CCOc1cccc(CNc2cc(Br)nc(CC)n2)c1. The Morgan fingerprint density at radius 3 is 2.80 bits per heavy atom. The van der Waals surface area contributed by atoms with E-state index in [0.717, 1.165) is 34.0 Å². The van der Waals surface area contributed by atoms with Gasteiger partial charge in [0.2, 0.25) is 0 Å². The van der Waals surface area contributed by atoms with Crippen molar-refractivity contribution in [1.29, 1.82) is 0 Å². The quantitative estimate of drug-likeness (QED) is 0.815. The monoisotopic (exact) mass is 335 g/mol. The molecule has 1 N–H and O–H groups in total. The van der Waals surface area contributed by atoms with E-state index in [4.69, 9.17) is 4.74 Å². The lowest BCUT2D eigenvalue weighted by molar-refractivity contribution is 0.340. The summed E-state index contributed by atoms with van der Waals surface area (Å²) < 4.78 is 6.29. The number of ether oxygens (including phenoxy) is 1. The standard InChI is InChI=1S/C15H18BrN3O/c1-3-14-18-13(16)9-15(19-14)17-10-11-6-5-7-12(8-11)20-4-2/h5-9H,3-4,10H2,1-2H3,(H,17,18,19). The number of benzene rings is 1. The van der Waals surface area contributed by atoms with Crippen molar-refractivity contribution in [2.45, 2.75) is 26.8 Å². The Bertz CT molecular complexity index is 575. The molecule has 0 spiro atoms. The summed E-state index contributed by atoms with van der Waals surface area (Å²) in [5.41, 5.74) is 1.16. The zero-order valence-corrected chi connectivity index (χ0v) is 13.3. The van der Waals surface area contributed by atoms with Gasteiger partial charge in [0.15, 0.2) is 0 Å². The summed E-state index contributed by atoms with van der Waals surface area (Å²) in [6, 6.07) is 9.93. The number of rotatable bonds is 6. The second-order valence-corrected chi connectivity index (χ2v) is 5.09. The van der Waals surface area contributed by atoms with E-state index in [-0.39, 0.29) is 0 Å². The molecule has 5 heteroatoms. The van der Waals surface area contributed by atoms with Gasteiger partial charge in [-0.3, -0.25) is 0 Å². The molecule has 0 fully saturated rings. The number of hydrogen-bond acceptors (Lipinski definition) is 4. The van der Waals surface area contributed by atoms with Crippen molar-refractivity contribution in [2.24, 2.45) is 0 Å². The third-order valence-corrected chi connectivity index (χ3v) is 3.15. The summed E-state index contributed by atoms with van der Waals surface area (Å²) >= 11 is 3.40. The van der Waals surface area contributed by atoms with Crippen molar-refractivity contribution in [3.8, 4) is 5.75 Å². The highest BCUT2D eigenvalue weighted by Crippen LogP contribution is 2.16. The number of aromatic nitrogens is 2. The molecule has 0 atom stereocenters. The first-order chi connectivity index (χ1) is 9.71. The van der Waals surface area contributed by atoms with Crippen LogP contribution in [0.2, 0.25) is 0 Å². The Morgan fingerprint density at radius 2 is 2.05 bits per heavy atom. The molecule has 0 unspecified atom stereocenters. The number of aryl methyl sites for hydroxylation is 1. The van der Waals surface area contributed by atoms with E-state index in [0.29, 0.717) is 13.2 Å². The molecule has 0 saturated carbocycles. The summed E-state index contributed by atoms with van der Waals surface area (Å²) in [7, 11) is 0. The zero-order valence-electron chi connectivity index (χ0n) is 11.7. The van der Waals surface area contributed by atoms with Gasteiger partial charge in [-0.25, -0.2) is 9.97 Å². The summed E-state index contributed by atoms with van der Waals surface area (Å²) in [5, 5.41) is 3.31. The fourth-order valence-corrected chi connectivity index (χ4v) is 2.24. The number of hydrogen-bond donors (Lipinski definition) is 1. The Morgan fingerprint density at radius 1 is 1.20 bits per heavy atom. The number of nitrogens with one attached hydrogen (secondary N) is 1. The molecule has 4 nitrogen and oxygen atoms in total. The van der Waals surface area contributed by atoms with Crippen LogP contribution in [0.4, 0.5) is 5.82 Å². The summed E-state index contributed by atoms with van der Waals surface area (Å²) in [5.74, 6) is 2.54. The Kier molecular flexibility index (Phi) is 5.35. The molecule has 1 heterocycles. The van der Waals surface area contributed by atoms with Crippen LogP contribution in [0, 0.1) is 0 Å². The van der Waals surface area contributed by atoms with Crippen molar-refractivity contribution in [2.75, 3.05) is 11.9 Å². The van der Waals surface area contributed by atoms with Gasteiger partial charge < -0.3 is 10.1 Å². The van der Waals surface area contributed by atoms with E-state index < -0.39 is 0 Å². The third kappa shape index (κ3) is 4.20. The van der Waals surface area contributed by atoms with Crippen LogP contribution in [0.1, 0.15) is 25.2 Å². The predicted octanol–water partition coefficient (Wildman–Crippen LogP) is 3.81. The maximum atomic E-state index is 5.49. The van der Waals surface area contributed by atoms with Crippen LogP contribution in [0.15, 0.2) is 34.9 Å². The molecule has 1 aromatic heterocycles. The minimum Gasteiger partial charge on any atom is -0.494 e. The molecular formula is C15H18BrN3O. The third-order valence-electron chi connectivity index (χ3n) is 2.74. The van der Waals surface area contributed by atoms with Gasteiger partial charge >= 0.3 is 0 Å². The first-order valence-corrected chi connectivity index (χ1v) is 7.49. The lowest BCUT2D eigenvalue weighted by Gasteiger charge is -2.09. The molecule has 0 aliphatic heterocycles. The first-order valence-electron chi connectivity index (χ1n) is 6.70. The number of halogens is 1. The van der Waals surface area contributed by atoms with Gasteiger partial charge in [-0.2, -0.15) is 0 Å². The van der Waals surface area contributed by atoms with E-state index in [9.17, 15) is 0 Å². The van der Waals surface area contributed by atoms with Crippen molar-refractivity contribution in [3.05, 3.63) is 46.3 Å². The average molecular weight is 336 g/mol. The molecule has 0 aliphatic rings. The lowest BCUT2D eigenvalue weighted by atomic mass is 10.2. The lowest BCUT2D eigenvalue weighted by Crippen LogP contribution is -2.04. The molecule has 0 amide bonds. The highest BCUT2D eigenvalue weighted by Gasteiger charge is 2.02. The Hall–Kier alpha value is -1.62. The fraction of sp³-hybridized carbons (Fsp3) is 0.333. The second-order valence-electron chi connectivity index (χ2n) is 4.28. The van der Waals surface area contributed by atoms with E-state index in [1.165, 1.54) is 0 Å². The molecule has 0 bridgehead atoms. The van der Waals surface area contributed by atoms with Crippen LogP contribution in [0.3, 0.4) is 0 Å². The van der Waals surface area contributed by atoms with E-state index in [2.05, 4.69) is 37.3 Å². The van der Waals surface area contributed by atoms with Gasteiger partial charge in [-0.1, -0.05) is 19.1 Å². The van der Waals surface area contributed by atoms with Gasteiger partial charge in [0.1, 0.15) is 22.0 Å². The average Bonchev–Trinajstić information content (AvgIpc) is 2.45. The molecule has 106 valence electrons. The van der Waals surface area contributed by atoms with Gasteiger partial charge in [-0.05, 0) is 40.5 Å². The van der Waals surface area contributed by atoms with Gasteiger partial charge in [0.05, 0.1) is 6.61 Å². The van der Waals surface area contributed by atoms with Crippen LogP contribution in [0.25, 0.3) is 0 Å². The number of anilines is 1. The summed E-state index contributed by atoms with van der Waals surface area (Å²) in [4.78, 5) is 8.73. The van der Waals surface area contributed by atoms with Crippen LogP contribution in [-0.2, 0) is 13.0 Å². The smallest absolute Gasteiger partial charge is 0.131 e. The summed E-state index contributed by atoms with van der Waals surface area (Å²) in [6.07, 6.45) is 0.813. The van der Waals surface area contributed by atoms with E-state index in [1.54, 1.807) is 0 Å². The van der Waals surface area contributed by atoms with Crippen LogP contribution in [0.5, 0.6) is 5.75 Å². The van der Waals surface area contributed by atoms with E-state index in [1.807, 2.05) is 38.1 Å². The predicted molar refractivity (Wildman–Crippen MR) is 84.0 cm³/mol. The maximum absolute atomic E-state index is 5.49. The molecule has 0 radical (unpaired) electrons. The van der Waals surface area contributed by atoms with Gasteiger partial charge in [0.25, 0.3) is 0 Å². The first kappa shape index (κ1) is 14.8. The summed E-state index contributed by atoms with van der Waals surface area (Å²) in [6.45, 7) is 5.40. The highest BCUT2D eigenvalue weighted by atomic mass is 79.9. The van der Waals surface area contributed by atoms with Crippen LogP contribution in [-0.4, -0.2) is 16.6 Å². The Balaban J connectivity index is 2.04. The number of nitrogens with zero attached hydrogens (tertiary/aromatic N) is 2.